The van der Waals surface area contributed by atoms with E-state index in [-0.39, 0.29) is 0 Å². The van der Waals surface area contributed by atoms with E-state index < -0.39 is 0 Å². The van der Waals surface area contributed by atoms with Gasteiger partial charge in [-0.25, -0.2) is 0 Å². The second-order valence-corrected chi connectivity index (χ2v) is 2.74. The van der Waals surface area contributed by atoms with E-state index in [1.165, 1.54) is 11.1 Å². The van der Waals surface area contributed by atoms with Gasteiger partial charge in [0, 0.05) is 5.02 Å². The Hall–Kier alpha value is -0.490. The van der Waals surface area contributed by atoms with Crippen LogP contribution in [0.15, 0.2) is 18.2 Å². The van der Waals surface area contributed by atoms with Crippen LogP contribution in [0.25, 0.3) is 0 Å². The Morgan fingerprint density at radius 3 is 1.78 bits per heavy atom. The molecular formula is C8H9Cl. The predicted molar refractivity (Wildman–Crippen MR) is 40.9 cm³/mol. The van der Waals surface area contributed by atoms with Crippen LogP contribution in [-0.4, -0.2) is 0 Å². The molecule has 1 aromatic rings. The van der Waals surface area contributed by atoms with E-state index in [4.69, 9.17) is 11.6 Å². The highest BCUT2D eigenvalue weighted by Crippen LogP contribution is 2.12. The molecule has 0 fully saturated rings. The van der Waals surface area contributed by atoms with Gasteiger partial charge in [-0.05, 0) is 37.1 Å². The summed E-state index contributed by atoms with van der Waals surface area (Å²) in [7, 11) is 0. The molecule has 0 amide bonds. The summed E-state index contributed by atoms with van der Waals surface area (Å²) in [6.45, 7) is 4.08. The Bertz CT molecular complexity index is 165. The van der Waals surface area contributed by atoms with Crippen molar-refractivity contribution in [2.24, 2.45) is 0 Å². The second kappa shape index (κ2) is 2.40. The average molecular weight is 141 g/mol. The van der Waals surface area contributed by atoms with Crippen LogP contribution in [0.4, 0.5) is 0 Å². The van der Waals surface area contributed by atoms with Crippen molar-refractivity contribution in [2.75, 3.05) is 0 Å². The van der Waals surface area contributed by atoms with Crippen molar-refractivity contribution in [3.63, 3.8) is 0 Å². The summed E-state index contributed by atoms with van der Waals surface area (Å²) in [5.74, 6) is 0. The molecule has 0 aliphatic rings. The number of benzene rings is 1. The van der Waals surface area contributed by atoms with Gasteiger partial charge in [0.2, 0.25) is 0 Å². The van der Waals surface area contributed by atoms with E-state index in [0.717, 1.165) is 5.02 Å². The monoisotopic (exact) mass is 140 g/mol. The van der Waals surface area contributed by atoms with Crippen molar-refractivity contribution in [3.05, 3.63) is 34.3 Å². The van der Waals surface area contributed by atoms with Crippen LogP contribution < -0.4 is 0 Å². The van der Waals surface area contributed by atoms with E-state index in [9.17, 15) is 0 Å². The van der Waals surface area contributed by atoms with Gasteiger partial charge < -0.3 is 0 Å². The number of halogens is 1. The zero-order valence-electron chi connectivity index (χ0n) is 5.61. The lowest BCUT2D eigenvalue weighted by molar-refractivity contribution is 1.39. The van der Waals surface area contributed by atoms with Gasteiger partial charge in [0.15, 0.2) is 0 Å². The summed E-state index contributed by atoms with van der Waals surface area (Å²) in [6.07, 6.45) is 0. The fraction of sp³-hybridized carbons (Fsp3) is 0.250. The van der Waals surface area contributed by atoms with Crippen molar-refractivity contribution in [1.29, 1.82) is 0 Å². The molecule has 0 radical (unpaired) electrons. The first-order valence-corrected chi connectivity index (χ1v) is 3.30. The van der Waals surface area contributed by atoms with Crippen molar-refractivity contribution in [1.82, 2.24) is 0 Å². The lowest BCUT2D eigenvalue weighted by atomic mass is 10.2. The first-order valence-electron chi connectivity index (χ1n) is 2.92. The van der Waals surface area contributed by atoms with Crippen molar-refractivity contribution < 1.29 is 0 Å². The molecule has 1 rings (SSSR count). The van der Waals surface area contributed by atoms with Crippen LogP contribution in [0, 0.1) is 13.8 Å². The molecule has 0 aliphatic carbocycles. The number of aryl methyl sites for hydroxylation is 2. The van der Waals surface area contributed by atoms with E-state index >= 15 is 0 Å². The fourth-order valence-corrected chi connectivity index (χ4v) is 1.26. The summed E-state index contributed by atoms with van der Waals surface area (Å²) in [5.41, 5.74) is 2.44. The SMILES string of the molecule is Cc1cc(C)cc(Cl)c1. The smallest absolute Gasteiger partial charge is 0.0411 e. The molecule has 1 aromatic carbocycles. The zero-order chi connectivity index (χ0) is 6.85. The van der Waals surface area contributed by atoms with Crippen LogP contribution in [0.2, 0.25) is 5.02 Å². The minimum atomic E-state index is 0.826. The van der Waals surface area contributed by atoms with E-state index in [2.05, 4.69) is 6.07 Å². The normalized spacial score (nSPS) is 9.67. The summed E-state index contributed by atoms with van der Waals surface area (Å²) in [6, 6.07) is 6.01. The highest BCUT2D eigenvalue weighted by molar-refractivity contribution is 6.30. The molecule has 0 nitrogen and oxygen atoms in total. The second-order valence-electron chi connectivity index (χ2n) is 2.31. The predicted octanol–water partition coefficient (Wildman–Crippen LogP) is 2.96. The first-order chi connectivity index (χ1) is 4.18. The molecule has 0 aromatic heterocycles. The minimum Gasteiger partial charge on any atom is -0.0843 e. The van der Waals surface area contributed by atoms with Crippen molar-refractivity contribution in [3.8, 4) is 0 Å². The Labute approximate surface area is 60.5 Å². The number of hydrogen-bond donors (Lipinski definition) is 0. The summed E-state index contributed by atoms with van der Waals surface area (Å²) >= 11 is 5.75. The molecule has 0 unspecified atom stereocenters. The van der Waals surface area contributed by atoms with Crippen LogP contribution in [0.1, 0.15) is 11.1 Å². The Morgan fingerprint density at radius 2 is 1.44 bits per heavy atom. The third kappa shape index (κ3) is 1.72. The quantitative estimate of drug-likeness (QED) is 0.520. The van der Waals surface area contributed by atoms with Crippen LogP contribution in [-0.2, 0) is 0 Å². The molecular weight excluding hydrogens is 132 g/mol. The molecule has 0 heterocycles. The van der Waals surface area contributed by atoms with Gasteiger partial charge in [-0.15, -0.1) is 0 Å². The summed E-state index contributed by atoms with van der Waals surface area (Å²) in [5, 5.41) is 0.826. The highest BCUT2D eigenvalue weighted by atomic mass is 35.5. The van der Waals surface area contributed by atoms with Gasteiger partial charge in [-0.1, -0.05) is 17.7 Å². The molecule has 9 heavy (non-hydrogen) atoms. The zero-order valence-corrected chi connectivity index (χ0v) is 6.37. The van der Waals surface area contributed by atoms with Crippen molar-refractivity contribution >= 4 is 11.6 Å². The van der Waals surface area contributed by atoms with Gasteiger partial charge in [-0.3, -0.25) is 0 Å². The van der Waals surface area contributed by atoms with Crippen LogP contribution in [0.3, 0.4) is 0 Å². The Balaban J connectivity index is 3.17. The molecule has 0 saturated heterocycles. The lowest BCUT2D eigenvalue weighted by Gasteiger charge is -1.95. The molecule has 0 spiro atoms. The maximum atomic E-state index is 5.75. The van der Waals surface area contributed by atoms with Gasteiger partial charge >= 0.3 is 0 Å². The summed E-state index contributed by atoms with van der Waals surface area (Å²) < 4.78 is 0. The first kappa shape index (κ1) is 6.63. The Kier molecular flexibility index (Phi) is 1.77. The number of rotatable bonds is 0. The fourth-order valence-electron chi connectivity index (χ4n) is 0.919. The van der Waals surface area contributed by atoms with Gasteiger partial charge in [0.05, 0.1) is 0 Å². The highest BCUT2D eigenvalue weighted by Gasteiger charge is 1.89. The molecule has 0 N–H and O–H groups in total. The third-order valence-electron chi connectivity index (χ3n) is 1.19. The van der Waals surface area contributed by atoms with Gasteiger partial charge in [0.1, 0.15) is 0 Å². The largest absolute Gasteiger partial charge is 0.0843 e. The molecule has 48 valence electrons. The molecule has 0 saturated carbocycles. The molecule has 0 bridgehead atoms. The maximum Gasteiger partial charge on any atom is 0.0411 e. The van der Waals surface area contributed by atoms with Gasteiger partial charge in [-0.2, -0.15) is 0 Å². The minimum absolute atomic E-state index is 0.826. The third-order valence-corrected chi connectivity index (χ3v) is 1.40. The molecule has 0 aliphatic heterocycles. The number of hydrogen-bond acceptors (Lipinski definition) is 0. The lowest BCUT2D eigenvalue weighted by Crippen LogP contribution is -1.74. The average Bonchev–Trinajstić information content (AvgIpc) is 1.59. The van der Waals surface area contributed by atoms with Gasteiger partial charge in [0.25, 0.3) is 0 Å². The topological polar surface area (TPSA) is 0 Å². The van der Waals surface area contributed by atoms with Crippen molar-refractivity contribution in [2.45, 2.75) is 13.8 Å². The molecule has 1 heteroatoms. The van der Waals surface area contributed by atoms with Crippen LogP contribution in [0.5, 0.6) is 0 Å². The standard InChI is InChI=1S/C8H9Cl/c1-6-3-7(2)5-8(9)4-6/h3-5H,1-2H3. The van der Waals surface area contributed by atoms with Crippen LogP contribution >= 0.6 is 11.6 Å². The van der Waals surface area contributed by atoms with E-state index in [1.807, 2.05) is 26.0 Å². The maximum absolute atomic E-state index is 5.75. The van der Waals surface area contributed by atoms with E-state index in [1.54, 1.807) is 0 Å². The van der Waals surface area contributed by atoms with E-state index in [0.29, 0.717) is 0 Å². The summed E-state index contributed by atoms with van der Waals surface area (Å²) in [4.78, 5) is 0. The Morgan fingerprint density at radius 1 is 1.00 bits per heavy atom. The molecule has 0 atom stereocenters.